The molecule has 13 heteroatoms. The zero-order chi connectivity index (χ0) is 24.6. The van der Waals surface area contributed by atoms with Gasteiger partial charge in [-0.3, -0.25) is 9.59 Å². The number of carbonyl (C=O) groups excluding carboxylic acids is 2. The molecule has 2 amide bonds. The minimum atomic E-state index is -3.30. The number of rotatable bonds is 6. The third-order valence-electron chi connectivity index (χ3n) is 5.56. The van der Waals surface area contributed by atoms with E-state index in [2.05, 4.69) is 15.3 Å². The second-order valence-corrected chi connectivity index (χ2v) is 8.08. The first-order valence-electron chi connectivity index (χ1n) is 10.3. The standard InChI is InChI=1S/C21H20F5N5O3/c1-11(32)31-9-16(21(25,26)10-31)29-20(33)17-19(28-3-2-27-17)30-7-15(8-30)34-14-5-12(18(23)24)4-13(22)6-14/h2-6,15-16,18H,7-10H2,1H3,(H,29,33). The number of hydrogen-bond donors (Lipinski definition) is 1. The highest BCUT2D eigenvalue weighted by molar-refractivity contribution is 5.97. The quantitative estimate of drug-likeness (QED) is 0.633. The molecule has 2 aromatic rings. The molecule has 2 aliphatic rings. The summed E-state index contributed by atoms with van der Waals surface area (Å²) in [6, 6.07) is 1.17. The van der Waals surface area contributed by atoms with Crippen LogP contribution in [0.2, 0.25) is 0 Å². The van der Waals surface area contributed by atoms with Crippen LogP contribution in [-0.4, -0.2) is 70.9 Å². The van der Waals surface area contributed by atoms with E-state index in [1.807, 2.05) is 0 Å². The highest BCUT2D eigenvalue weighted by Crippen LogP contribution is 2.30. The summed E-state index contributed by atoms with van der Waals surface area (Å²) in [4.78, 5) is 34.8. The summed E-state index contributed by atoms with van der Waals surface area (Å²) in [5, 5.41) is 2.23. The molecule has 1 unspecified atom stereocenters. The van der Waals surface area contributed by atoms with E-state index in [9.17, 15) is 31.5 Å². The van der Waals surface area contributed by atoms with E-state index in [1.165, 1.54) is 19.3 Å². The number of nitrogens with one attached hydrogen (secondary N) is 1. The normalized spacial score (nSPS) is 19.8. The van der Waals surface area contributed by atoms with Gasteiger partial charge in [-0.25, -0.2) is 31.9 Å². The minimum absolute atomic E-state index is 0.0597. The van der Waals surface area contributed by atoms with Crippen LogP contribution in [0.1, 0.15) is 29.4 Å². The number of carbonyl (C=O) groups is 2. The fourth-order valence-corrected chi connectivity index (χ4v) is 3.78. The Morgan fingerprint density at radius 3 is 2.50 bits per heavy atom. The molecule has 3 heterocycles. The van der Waals surface area contributed by atoms with E-state index < -0.39 is 54.2 Å². The topological polar surface area (TPSA) is 87.7 Å². The molecule has 2 saturated heterocycles. The van der Waals surface area contributed by atoms with Crippen molar-refractivity contribution >= 4 is 17.6 Å². The van der Waals surface area contributed by atoms with Crippen LogP contribution in [0.15, 0.2) is 30.6 Å². The monoisotopic (exact) mass is 485 g/mol. The SMILES string of the molecule is CC(=O)N1CC(NC(=O)c2nccnc2N2CC(Oc3cc(F)cc(C(F)F)c3)C2)C(F)(F)C1. The van der Waals surface area contributed by atoms with Crippen molar-refractivity contribution in [2.45, 2.75) is 31.4 Å². The maximum Gasteiger partial charge on any atom is 0.286 e. The molecule has 0 radical (unpaired) electrons. The number of hydrogen-bond acceptors (Lipinski definition) is 6. The molecule has 2 aliphatic heterocycles. The van der Waals surface area contributed by atoms with Gasteiger partial charge < -0.3 is 19.9 Å². The molecule has 1 aromatic heterocycles. The second-order valence-electron chi connectivity index (χ2n) is 8.08. The van der Waals surface area contributed by atoms with Crippen LogP contribution < -0.4 is 15.0 Å². The third-order valence-corrected chi connectivity index (χ3v) is 5.56. The van der Waals surface area contributed by atoms with Crippen LogP contribution >= 0.6 is 0 Å². The number of anilines is 1. The largest absolute Gasteiger partial charge is 0.487 e. The number of likely N-dealkylation sites (tertiary alicyclic amines) is 1. The number of aromatic nitrogens is 2. The van der Waals surface area contributed by atoms with Crippen molar-refractivity contribution in [3.05, 3.63) is 47.7 Å². The molecule has 1 atom stereocenters. The van der Waals surface area contributed by atoms with Gasteiger partial charge in [0.1, 0.15) is 23.7 Å². The number of amides is 2. The van der Waals surface area contributed by atoms with Crippen molar-refractivity contribution in [1.82, 2.24) is 20.2 Å². The Bertz CT molecular complexity index is 1100. The number of alkyl halides is 4. The van der Waals surface area contributed by atoms with Crippen LogP contribution in [0, 0.1) is 5.82 Å². The van der Waals surface area contributed by atoms with Crippen molar-refractivity contribution in [1.29, 1.82) is 0 Å². The molecule has 4 rings (SSSR count). The predicted octanol–water partition coefficient (Wildman–Crippen LogP) is 2.42. The molecule has 1 N–H and O–H groups in total. The van der Waals surface area contributed by atoms with Gasteiger partial charge in [0.25, 0.3) is 18.3 Å². The Labute approximate surface area is 190 Å². The van der Waals surface area contributed by atoms with E-state index in [4.69, 9.17) is 4.74 Å². The summed E-state index contributed by atoms with van der Waals surface area (Å²) in [6.07, 6.45) is -0.803. The van der Waals surface area contributed by atoms with Gasteiger partial charge in [0.05, 0.1) is 19.6 Å². The van der Waals surface area contributed by atoms with Crippen molar-refractivity contribution < 1.29 is 36.3 Å². The smallest absolute Gasteiger partial charge is 0.286 e. The van der Waals surface area contributed by atoms with Gasteiger partial charge in [-0.15, -0.1) is 0 Å². The molecule has 182 valence electrons. The summed E-state index contributed by atoms with van der Waals surface area (Å²) in [6.45, 7) is 0.395. The van der Waals surface area contributed by atoms with E-state index in [1.54, 1.807) is 4.90 Å². The predicted molar refractivity (Wildman–Crippen MR) is 108 cm³/mol. The Balaban J connectivity index is 1.41. The molecule has 0 aliphatic carbocycles. The number of benzene rings is 1. The Hall–Kier alpha value is -3.51. The molecule has 0 saturated carbocycles. The van der Waals surface area contributed by atoms with Crippen LogP contribution in [0.5, 0.6) is 5.75 Å². The summed E-state index contributed by atoms with van der Waals surface area (Å²) in [7, 11) is 0. The number of ether oxygens (including phenoxy) is 1. The van der Waals surface area contributed by atoms with Gasteiger partial charge in [-0.1, -0.05) is 0 Å². The molecule has 8 nitrogen and oxygen atoms in total. The minimum Gasteiger partial charge on any atom is -0.487 e. The number of halogens is 5. The fourth-order valence-electron chi connectivity index (χ4n) is 3.78. The van der Waals surface area contributed by atoms with Gasteiger partial charge >= 0.3 is 0 Å². The van der Waals surface area contributed by atoms with Gasteiger partial charge in [0.15, 0.2) is 11.5 Å². The number of nitrogens with zero attached hydrogens (tertiary/aromatic N) is 4. The van der Waals surface area contributed by atoms with Crippen LogP contribution in [-0.2, 0) is 4.79 Å². The average molecular weight is 485 g/mol. The summed E-state index contributed by atoms with van der Waals surface area (Å²) in [5.41, 5.74) is -0.699. The lowest BCUT2D eigenvalue weighted by molar-refractivity contribution is -0.129. The van der Waals surface area contributed by atoms with Crippen molar-refractivity contribution in [2.24, 2.45) is 0 Å². The Morgan fingerprint density at radius 1 is 1.15 bits per heavy atom. The fraction of sp³-hybridized carbons (Fsp3) is 0.429. The van der Waals surface area contributed by atoms with E-state index >= 15 is 0 Å². The van der Waals surface area contributed by atoms with Crippen molar-refractivity contribution in [3.63, 3.8) is 0 Å². The van der Waals surface area contributed by atoms with Crippen molar-refractivity contribution in [2.75, 3.05) is 31.1 Å². The first-order valence-corrected chi connectivity index (χ1v) is 10.3. The maximum atomic E-state index is 14.3. The van der Waals surface area contributed by atoms with Crippen LogP contribution in [0.4, 0.5) is 27.8 Å². The first-order chi connectivity index (χ1) is 16.0. The Morgan fingerprint density at radius 2 is 1.85 bits per heavy atom. The lowest BCUT2D eigenvalue weighted by Gasteiger charge is -2.40. The molecular weight excluding hydrogens is 465 g/mol. The van der Waals surface area contributed by atoms with Crippen molar-refractivity contribution in [3.8, 4) is 5.75 Å². The summed E-state index contributed by atoms with van der Waals surface area (Å²) >= 11 is 0. The van der Waals surface area contributed by atoms with E-state index in [0.29, 0.717) is 0 Å². The molecule has 0 spiro atoms. The van der Waals surface area contributed by atoms with Crippen LogP contribution in [0.3, 0.4) is 0 Å². The highest BCUT2D eigenvalue weighted by atomic mass is 19.3. The summed E-state index contributed by atoms with van der Waals surface area (Å²) < 4.78 is 73.4. The van der Waals surface area contributed by atoms with E-state index in [0.717, 1.165) is 23.1 Å². The van der Waals surface area contributed by atoms with Gasteiger partial charge in [0.2, 0.25) is 5.91 Å². The van der Waals surface area contributed by atoms with Crippen LogP contribution in [0.25, 0.3) is 0 Å². The van der Waals surface area contributed by atoms with Gasteiger partial charge in [0, 0.05) is 37.5 Å². The zero-order valence-electron chi connectivity index (χ0n) is 17.9. The van der Waals surface area contributed by atoms with Gasteiger partial charge in [-0.2, -0.15) is 0 Å². The lowest BCUT2D eigenvalue weighted by Crippen LogP contribution is -2.55. The van der Waals surface area contributed by atoms with E-state index in [-0.39, 0.29) is 36.9 Å². The molecule has 1 aromatic carbocycles. The summed E-state index contributed by atoms with van der Waals surface area (Å²) in [5.74, 6) is -5.51. The second kappa shape index (κ2) is 9.03. The zero-order valence-corrected chi connectivity index (χ0v) is 17.9. The highest BCUT2D eigenvalue weighted by Gasteiger charge is 2.50. The third kappa shape index (κ3) is 4.87. The average Bonchev–Trinajstić information content (AvgIpc) is 3.04. The molecule has 34 heavy (non-hydrogen) atoms. The molecule has 2 fully saturated rings. The van der Waals surface area contributed by atoms with Gasteiger partial charge in [-0.05, 0) is 12.1 Å². The lowest BCUT2D eigenvalue weighted by atomic mass is 10.1. The maximum absolute atomic E-state index is 14.3. The molecule has 0 bridgehead atoms. The molecular formula is C21H20F5N5O3. The first kappa shape index (κ1) is 23.6. The Kier molecular flexibility index (Phi) is 6.28.